The van der Waals surface area contributed by atoms with E-state index in [1.54, 1.807) is 24.1 Å². The largest absolute Gasteiger partial charge is 0.326 e. The zero-order valence-corrected chi connectivity index (χ0v) is 10.3. The molecule has 0 aliphatic rings. The Morgan fingerprint density at radius 3 is 2.89 bits per heavy atom. The van der Waals surface area contributed by atoms with E-state index in [0.717, 1.165) is 13.0 Å². The van der Waals surface area contributed by atoms with E-state index in [4.69, 9.17) is 0 Å². The van der Waals surface area contributed by atoms with Crippen LogP contribution in [0.2, 0.25) is 0 Å². The number of hydrogen-bond donors (Lipinski definition) is 2. The molecule has 2 rings (SSSR count). The molecule has 2 aromatic heterocycles. The molecule has 8 nitrogen and oxygen atoms in total. The molecule has 0 fully saturated rings. The van der Waals surface area contributed by atoms with Gasteiger partial charge in [-0.05, 0) is 6.42 Å². The number of hydrogen-bond acceptors (Lipinski definition) is 4. The van der Waals surface area contributed by atoms with E-state index in [1.807, 2.05) is 0 Å². The summed E-state index contributed by atoms with van der Waals surface area (Å²) in [7, 11) is 1.70. The molecule has 0 spiro atoms. The van der Waals surface area contributed by atoms with Crippen molar-refractivity contribution in [3.8, 4) is 0 Å². The van der Waals surface area contributed by atoms with Gasteiger partial charge >= 0.3 is 6.03 Å². The summed E-state index contributed by atoms with van der Waals surface area (Å²) in [5.74, 6) is 0.383. The monoisotopic (exact) mass is 249 g/mol. The lowest BCUT2D eigenvalue weighted by Gasteiger charge is -2.04. The van der Waals surface area contributed by atoms with Crippen molar-refractivity contribution in [2.75, 3.05) is 10.6 Å². The van der Waals surface area contributed by atoms with Crippen LogP contribution in [0.3, 0.4) is 0 Å². The summed E-state index contributed by atoms with van der Waals surface area (Å²) in [5.41, 5.74) is 0.642. The highest BCUT2D eigenvalue weighted by molar-refractivity contribution is 5.98. The standard InChI is InChI=1S/C10H15N7O/c1-3-4-17-6-8(5-12-17)14-10(18)15-9-11-7-13-16(9)2/h5-7H,3-4H2,1-2H3,(H2,11,13,14,15,18). The second-order valence-electron chi connectivity index (χ2n) is 3.78. The number of carbonyl (C=O) groups is 1. The van der Waals surface area contributed by atoms with Crippen molar-refractivity contribution in [2.45, 2.75) is 19.9 Å². The van der Waals surface area contributed by atoms with E-state index in [0.29, 0.717) is 11.6 Å². The third kappa shape index (κ3) is 2.84. The Morgan fingerprint density at radius 2 is 2.22 bits per heavy atom. The summed E-state index contributed by atoms with van der Waals surface area (Å²) in [5, 5.41) is 13.2. The Bertz CT molecular complexity index is 530. The first-order chi connectivity index (χ1) is 8.69. The second-order valence-corrected chi connectivity index (χ2v) is 3.78. The quantitative estimate of drug-likeness (QED) is 0.848. The van der Waals surface area contributed by atoms with Crippen LogP contribution < -0.4 is 10.6 Å². The highest BCUT2D eigenvalue weighted by Crippen LogP contribution is 2.06. The van der Waals surface area contributed by atoms with Crippen LogP contribution in [0.4, 0.5) is 16.4 Å². The number of aromatic nitrogens is 5. The minimum Gasteiger partial charge on any atom is -0.305 e. The van der Waals surface area contributed by atoms with Gasteiger partial charge in [-0.2, -0.15) is 15.2 Å². The third-order valence-electron chi connectivity index (χ3n) is 2.28. The lowest BCUT2D eigenvalue weighted by atomic mass is 10.5. The zero-order chi connectivity index (χ0) is 13.0. The third-order valence-corrected chi connectivity index (χ3v) is 2.28. The van der Waals surface area contributed by atoms with Gasteiger partial charge in [0.25, 0.3) is 0 Å². The molecule has 2 N–H and O–H groups in total. The van der Waals surface area contributed by atoms with Crippen LogP contribution in [-0.2, 0) is 13.6 Å². The van der Waals surface area contributed by atoms with Gasteiger partial charge in [-0.1, -0.05) is 6.92 Å². The van der Waals surface area contributed by atoms with Gasteiger partial charge in [-0.15, -0.1) is 0 Å². The van der Waals surface area contributed by atoms with Gasteiger partial charge in [-0.3, -0.25) is 10.00 Å². The Kier molecular flexibility index (Phi) is 3.56. The molecule has 0 saturated heterocycles. The highest BCUT2D eigenvalue weighted by Gasteiger charge is 2.07. The van der Waals surface area contributed by atoms with Crippen molar-refractivity contribution in [1.29, 1.82) is 0 Å². The van der Waals surface area contributed by atoms with E-state index >= 15 is 0 Å². The number of nitrogens with one attached hydrogen (secondary N) is 2. The summed E-state index contributed by atoms with van der Waals surface area (Å²) in [6, 6.07) is -0.373. The molecule has 2 amide bonds. The summed E-state index contributed by atoms with van der Waals surface area (Å²) in [4.78, 5) is 15.5. The van der Waals surface area contributed by atoms with Crippen LogP contribution >= 0.6 is 0 Å². The molecular formula is C10H15N7O. The Hall–Kier alpha value is -2.38. The zero-order valence-electron chi connectivity index (χ0n) is 10.3. The molecule has 0 atom stereocenters. The number of carbonyl (C=O) groups excluding carboxylic acids is 1. The Balaban J connectivity index is 1.92. The average Bonchev–Trinajstić information content (AvgIpc) is 2.90. The van der Waals surface area contributed by atoms with E-state index in [-0.39, 0.29) is 6.03 Å². The predicted molar refractivity (Wildman–Crippen MR) is 66.2 cm³/mol. The van der Waals surface area contributed by atoms with E-state index in [2.05, 4.69) is 32.7 Å². The van der Waals surface area contributed by atoms with Crippen LogP contribution in [0.5, 0.6) is 0 Å². The van der Waals surface area contributed by atoms with Crippen LogP contribution in [0.15, 0.2) is 18.7 Å². The SMILES string of the molecule is CCCn1cc(NC(=O)Nc2ncnn2C)cn1. The molecule has 0 unspecified atom stereocenters. The fourth-order valence-corrected chi connectivity index (χ4v) is 1.45. The van der Waals surface area contributed by atoms with E-state index in [1.165, 1.54) is 11.0 Å². The van der Waals surface area contributed by atoms with Gasteiger partial charge in [-0.25, -0.2) is 9.48 Å². The minimum absolute atomic E-state index is 0.373. The molecule has 0 radical (unpaired) electrons. The lowest BCUT2D eigenvalue weighted by Crippen LogP contribution is -2.21. The first-order valence-electron chi connectivity index (χ1n) is 5.63. The molecule has 0 aliphatic heterocycles. The molecule has 8 heteroatoms. The maximum atomic E-state index is 11.7. The van der Waals surface area contributed by atoms with E-state index < -0.39 is 0 Å². The van der Waals surface area contributed by atoms with Crippen molar-refractivity contribution in [3.63, 3.8) is 0 Å². The first kappa shape index (κ1) is 12.1. The molecule has 2 heterocycles. The van der Waals surface area contributed by atoms with Gasteiger partial charge in [0.15, 0.2) is 0 Å². The van der Waals surface area contributed by atoms with Gasteiger partial charge in [0, 0.05) is 19.8 Å². The normalized spacial score (nSPS) is 10.3. The summed E-state index contributed by atoms with van der Waals surface area (Å²) < 4.78 is 3.25. The number of aryl methyl sites for hydroxylation is 2. The van der Waals surface area contributed by atoms with Crippen LogP contribution in [0.25, 0.3) is 0 Å². The van der Waals surface area contributed by atoms with Crippen LogP contribution in [0.1, 0.15) is 13.3 Å². The van der Waals surface area contributed by atoms with Crippen molar-refractivity contribution in [3.05, 3.63) is 18.7 Å². The lowest BCUT2D eigenvalue weighted by molar-refractivity contribution is 0.262. The summed E-state index contributed by atoms with van der Waals surface area (Å²) in [6.45, 7) is 2.89. The fourth-order valence-electron chi connectivity index (χ4n) is 1.45. The maximum Gasteiger partial charge on any atom is 0.326 e. The molecular weight excluding hydrogens is 234 g/mol. The molecule has 0 saturated carbocycles. The second kappa shape index (κ2) is 5.30. The fraction of sp³-hybridized carbons (Fsp3) is 0.400. The Labute approximate surface area is 104 Å². The number of urea groups is 1. The van der Waals surface area contributed by atoms with Crippen molar-refractivity contribution < 1.29 is 4.79 Å². The van der Waals surface area contributed by atoms with Crippen LogP contribution in [0, 0.1) is 0 Å². The van der Waals surface area contributed by atoms with Crippen molar-refractivity contribution in [1.82, 2.24) is 24.5 Å². The molecule has 96 valence electrons. The number of anilines is 2. The average molecular weight is 249 g/mol. The van der Waals surface area contributed by atoms with Crippen LogP contribution in [-0.4, -0.2) is 30.6 Å². The Morgan fingerprint density at radius 1 is 1.39 bits per heavy atom. The summed E-state index contributed by atoms with van der Waals surface area (Å²) in [6.07, 6.45) is 5.74. The summed E-state index contributed by atoms with van der Waals surface area (Å²) >= 11 is 0. The van der Waals surface area contributed by atoms with E-state index in [9.17, 15) is 4.79 Å². The number of amides is 2. The molecule has 0 bridgehead atoms. The minimum atomic E-state index is -0.373. The van der Waals surface area contributed by atoms with Crippen molar-refractivity contribution in [2.24, 2.45) is 7.05 Å². The van der Waals surface area contributed by atoms with Crippen molar-refractivity contribution >= 4 is 17.7 Å². The molecule has 0 aromatic carbocycles. The predicted octanol–water partition coefficient (Wildman–Crippen LogP) is 1.07. The van der Waals surface area contributed by atoms with Gasteiger partial charge in [0.1, 0.15) is 6.33 Å². The number of rotatable bonds is 4. The molecule has 2 aromatic rings. The maximum absolute atomic E-state index is 11.7. The van der Waals surface area contributed by atoms with Gasteiger partial charge < -0.3 is 5.32 Å². The molecule has 18 heavy (non-hydrogen) atoms. The highest BCUT2D eigenvalue weighted by atomic mass is 16.2. The van der Waals surface area contributed by atoms with Gasteiger partial charge in [0.05, 0.1) is 11.9 Å². The number of nitrogens with zero attached hydrogens (tertiary/aromatic N) is 5. The smallest absolute Gasteiger partial charge is 0.305 e. The topological polar surface area (TPSA) is 89.7 Å². The van der Waals surface area contributed by atoms with Gasteiger partial charge in [0.2, 0.25) is 5.95 Å². The molecule has 0 aliphatic carbocycles. The first-order valence-corrected chi connectivity index (χ1v) is 5.63.